The number of halogens is 1. The van der Waals surface area contributed by atoms with Gasteiger partial charge in [-0.15, -0.1) is 0 Å². The number of likely N-dealkylation sites (tertiary alicyclic amines) is 1. The van der Waals surface area contributed by atoms with Crippen molar-refractivity contribution in [3.8, 4) is 0 Å². The maximum atomic E-state index is 13.0. The van der Waals surface area contributed by atoms with Crippen molar-refractivity contribution in [1.29, 1.82) is 0 Å². The van der Waals surface area contributed by atoms with Gasteiger partial charge in [0.15, 0.2) is 0 Å². The van der Waals surface area contributed by atoms with Gasteiger partial charge in [0.05, 0.1) is 23.6 Å². The molecule has 0 radical (unpaired) electrons. The molecule has 0 unspecified atom stereocenters. The average molecular weight is 472 g/mol. The molecule has 2 aliphatic heterocycles. The zero-order chi connectivity index (χ0) is 23.0. The Labute approximate surface area is 189 Å². The first kappa shape index (κ1) is 25.0. The Balaban J connectivity index is 1.39. The maximum Gasteiger partial charge on any atom is 0.240 e. The summed E-state index contributed by atoms with van der Waals surface area (Å²) in [4.78, 5) is 14.7. The van der Waals surface area contributed by atoms with Crippen LogP contribution in [0.5, 0.6) is 0 Å². The molecule has 1 amide bonds. The number of carbonyl (C=O) groups excluding carboxylic acids is 1. The minimum Gasteiger partial charge on any atom is -0.394 e. The third-order valence-corrected chi connectivity index (χ3v) is 7.61. The van der Waals surface area contributed by atoms with E-state index in [0.717, 1.165) is 31.8 Å². The number of aliphatic hydroxyl groups is 1. The number of nitrogens with zero attached hydrogens (tertiary/aromatic N) is 1. The van der Waals surface area contributed by atoms with E-state index >= 15 is 0 Å². The van der Waals surface area contributed by atoms with E-state index in [0.29, 0.717) is 25.7 Å². The molecule has 10 heteroatoms. The van der Waals surface area contributed by atoms with Crippen LogP contribution in [0.25, 0.3) is 0 Å². The van der Waals surface area contributed by atoms with Gasteiger partial charge >= 0.3 is 0 Å². The van der Waals surface area contributed by atoms with Crippen molar-refractivity contribution in [3.63, 3.8) is 0 Å². The lowest BCUT2D eigenvalue weighted by atomic mass is 9.97. The van der Waals surface area contributed by atoms with Gasteiger partial charge in [0.1, 0.15) is 11.9 Å². The van der Waals surface area contributed by atoms with Gasteiger partial charge in [-0.3, -0.25) is 4.79 Å². The predicted octanol–water partition coefficient (Wildman–Crippen LogP) is 1.39. The Morgan fingerprint density at radius 3 is 2.56 bits per heavy atom. The van der Waals surface area contributed by atoms with Crippen LogP contribution < -0.4 is 10.0 Å². The number of aliphatic hydroxyl groups excluding tert-OH is 1. The molecule has 2 heterocycles. The van der Waals surface area contributed by atoms with Crippen molar-refractivity contribution in [2.45, 2.75) is 68.1 Å². The standard InChI is InChI=1S/C22H34FN3O5S/c23-17-4-7-19(8-5-17)32(29,30)24-12-10-18-6-9-20(21(16-27)31-18)25-22(28)11-15-26-13-2-1-3-14-26/h4-5,7-8,18,20-21,24,27H,1-3,6,9-16H2,(H,25,28)/t18-,20+,21-/m0/s1. The van der Waals surface area contributed by atoms with Gasteiger partial charge in [-0.1, -0.05) is 6.42 Å². The van der Waals surface area contributed by atoms with E-state index in [1.165, 1.54) is 31.4 Å². The summed E-state index contributed by atoms with van der Waals surface area (Å²) < 4.78 is 46.0. The Morgan fingerprint density at radius 2 is 1.88 bits per heavy atom. The summed E-state index contributed by atoms with van der Waals surface area (Å²) >= 11 is 0. The molecule has 0 spiro atoms. The van der Waals surface area contributed by atoms with Crippen LogP contribution in [0, 0.1) is 5.82 Å². The summed E-state index contributed by atoms with van der Waals surface area (Å²) in [6, 6.07) is 4.39. The number of rotatable bonds is 10. The average Bonchev–Trinajstić information content (AvgIpc) is 2.79. The van der Waals surface area contributed by atoms with E-state index in [1.54, 1.807) is 0 Å². The van der Waals surface area contributed by atoms with Crippen LogP contribution >= 0.6 is 0 Å². The quantitative estimate of drug-likeness (QED) is 0.476. The van der Waals surface area contributed by atoms with Gasteiger partial charge in [0, 0.05) is 19.5 Å². The second-order valence-electron chi connectivity index (χ2n) is 8.52. The summed E-state index contributed by atoms with van der Waals surface area (Å²) in [5, 5.41) is 12.7. The van der Waals surface area contributed by atoms with Gasteiger partial charge in [-0.05, 0) is 69.5 Å². The van der Waals surface area contributed by atoms with E-state index in [9.17, 15) is 22.7 Å². The molecule has 0 bridgehead atoms. The Bertz CT molecular complexity index is 830. The fourth-order valence-electron chi connectivity index (χ4n) is 4.28. The molecule has 8 nitrogen and oxygen atoms in total. The maximum absolute atomic E-state index is 13.0. The van der Waals surface area contributed by atoms with Gasteiger partial charge < -0.3 is 20.1 Å². The van der Waals surface area contributed by atoms with Crippen LogP contribution in [-0.2, 0) is 19.6 Å². The molecule has 0 aliphatic carbocycles. The Hall–Kier alpha value is -1.59. The molecule has 180 valence electrons. The first-order chi connectivity index (χ1) is 15.4. The van der Waals surface area contributed by atoms with E-state index < -0.39 is 21.9 Å². The summed E-state index contributed by atoms with van der Waals surface area (Å²) in [5.74, 6) is -0.532. The molecule has 3 atom stereocenters. The Kier molecular flexibility index (Phi) is 9.42. The topological polar surface area (TPSA) is 108 Å². The number of hydrogen-bond acceptors (Lipinski definition) is 6. The smallest absolute Gasteiger partial charge is 0.240 e. The van der Waals surface area contributed by atoms with Gasteiger partial charge in [0.25, 0.3) is 0 Å². The third kappa shape index (κ3) is 7.48. The molecule has 1 aromatic rings. The van der Waals surface area contributed by atoms with Crippen molar-refractivity contribution < 1.29 is 27.4 Å². The van der Waals surface area contributed by atoms with Crippen molar-refractivity contribution in [3.05, 3.63) is 30.1 Å². The van der Waals surface area contributed by atoms with Gasteiger partial charge in [-0.25, -0.2) is 17.5 Å². The fraction of sp³-hybridized carbons (Fsp3) is 0.682. The van der Waals surface area contributed by atoms with Crippen LogP contribution in [-0.4, -0.2) is 75.4 Å². The molecular formula is C22H34FN3O5S. The lowest BCUT2D eigenvalue weighted by Crippen LogP contribution is -2.51. The molecule has 2 aliphatic rings. The minimum absolute atomic E-state index is 0.00373. The minimum atomic E-state index is -3.72. The predicted molar refractivity (Wildman–Crippen MR) is 118 cm³/mol. The summed E-state index contributed by atoms with van der Waals surface area (Å²) in [5.41, 5.74) is 0. The first-order valence-electron chi connectivity index (χ1n) is 11.4. The summed E-state index contributed by atoms with van der Waals surface area (Å²) in [6.45, 7) is 2.79. The van der Waals surface area contributed by atoms with Crippen LogP contribution in [0.4, 0.5) is 4.39 Å². The van der Waals surface area contributed by atoms with E-state index in [4.69, 9.17) is 4.74 Å². The molecule has 32 heavy (non-hydrogen) atoms. The number of ether oxygens (including phenoxy) is 1. The van der Waals surface area contributed by atoms with Crippen molar-refractivity contribution in [2.24, 2.45) is 0 Å². The lowest BCUT2D eigenvalue weighted by Gasteiger charge is -2.36. The van der Waals surface area contributed by atoms with Crippen molar-refractivity contribution in [2.75, 3.05) is 32.8 Å². The van der Waals surface area contributed by atoms with Crippen molar-refractivity contribution in [1.82, 2.24) is 14.9 Å². The van der Waals surface area contributed by atoms with Crippen LogP contribution in [0.15, 0.2) is 29.2 Å². The number of piperidine rings is 1. The zero-order valence-corrected chi connectivity index (χ0v) is 19.2. The molecule has 0 aromatic heterocycles. The molecule has 2 fully saturated rings. The number of benzene rings is 1. The van der Waals surface area contributed by atoms with Crippen molar-refractivity contribution >= 4 is 15.9 Å². The fourth-order valence-corrected chi connectivity index (χ4v) is 5.33. The number of carbonyl (C=O) groups is 1. The summed E-state index contributed by atoms with van der Waals surface area (Å²) in [6.07, 6.45) is 5.09. The lowest BCUT2D eigenvalue weighted by molar-refractivity contribution is -0.128. The molecule has 1 aromatic carbocycles. The number of hydrogen-bond donors (Lipinski definition) is 3. The largest absolute Gasteiger partial charge is 0.394 e. The second-order valence-corrected chi connectivity index (χ2v) is 10.3. The first-order valence-corrected chi connectivity index (χ1v) is 12.9. The SMILES string of the molecule is O=C(CCN1CCCCC1)N[C@@H]1CC[C@@H](CCNS(=O)(=O)c2ccc(F)cc2)O[C@H]1CO. The molecular weight excluding hydrogens is 437 g/mol. The van der Waals surface area contributed by atoms with E-state index in [1.807, 2.05) is 0 Å². The van der Waals surface area contributed by atoms with E-state index in [2.05, 4.69) is 14.9 Å². The molecule has 0 saturated carbocycles. The number of sulfonamides is 1. The third-order valence-electron chi connectivity index (χ3n) is 6.13. The number of nitrogens with one attached hydrogen (secondary N) is 2. The Morgan fingerprint density at radius 1 is 1.16 bits per heavy atom. The van der Waals surface area contributed by atoms with E-state index in [-0.39, 0.29) is 36.1 Å². The van der Waals surface area contributed by atoms with Gasteiger partial charge in [-0.2, -0.15) is 0 Å². The summed E-state index contributed by atoms with van der Waals surface area (Å²) in [7, 11) is -3.72. The highest BCUT2D eigenvalue weighted by atomic mass is 32.2. The molecule has 3 rings (SSSR count). The van der Waals surface area contributed by atoms with Crippen LogP contribution in [0.1, 0.15) is 44.9 Å². The second kappa shape index (κ2) is 12.0. The molecule has 3 N–H and O–H groups in total. The normalized spacial score (nSPS) is 24.9. The highest BCUT2D eigenvalue weighted by molar-refractivity contribution is 7.89. The van der Waals surface area contributed by atoms with Gasteiger partial charge in [0.2, 0.25) is 15.9 Å². The number of amides is 1. The monoisotopic (exact) mass is 471 g/mol. The molecule has 2 saturated heterocycles. The zero-order valence-electron chi connectivity index (χ0n) is 18.3. The highest BCUT2D eigenvalue weighted by Crippen LogP contribution is 2.22. The highest BCUT2D eigenvalue weighted by Gasteiger charge is 2.32. The van der Waals surface area contributed by atoms with Crippen LogP contribution in [0.2, 0.25) is 0 Å². The van der Waals surface area contributed by atoms with Crippen LogP contribution in [0.3, 0.4) is 0 Å².